The highest BCUT2D eigenvalue weighted by atomic mass is 79.9. The number of rotatable bonds is 7. The number of halogens is 2. The second-order valence-corrected chi connectivity index (χ2v) is 4.66. The van der Waals surface area contributed by atoms with Crippen LogP contribution in [0.2, 0.25) is 0 Å². The SMILES string of the molecule is O=C(O)CNC(=O)CNC(=O)COc1ccc(F)cc1Br. The van der Waals surface area contributed by atoms with Gasteiger partial charge in [-0.3, -0.25) is 14.4 Å². The standard InChI is InChI=1S/C12H12BrFN2O5/c13-8-3-7(14)1-2-9(8)21-6-11(18)15-4-10(17)16-5-12(19)20/h1-3H,4-6H2,(H,15,18)(H,16,17)(H,19,20). The molecule has 1 rings (SSSR count). The van der Waals surface area contributed by atoms with Gasteiger partial charge in [0, 0.05) is 0 Å². The van der Waals surface area contributed by atoms with Crippen LogP contribution < -0.4 is 15.4 Å². The summed E-state index contributed by atoms with van der Waals surface area (Å²) in [5.41, 5.74) is 0. The smallest absolute Gasteiger partial charge is 0.322 e. The fourth-order valence-electron chi connectivity index (χ4n) is 1.20. The van der Waals surface area contributed by atoms with Crippen molar-refractivity contribution in [2.24, 2.45) is 0 Å². The minimum Gasteiger partial charge on any atom is -0.483 e. The molecule has 0 saturated carbocycles. The van der Waals surface area contributed by atoms with Gasteiger partial charge in [-0.1, -0.05) is 0 Å². The first-order valence-electron chi connectivity index (χ1n) is 5.71. The number of hydrogen-bond acceptors (Lipinski definition) is 4. The highest BCUT2D eigenvalue weighted by Gasteiger charge is 2.09. The molecule has 0 bridgehead atoms. The van der Waals surface area contributed by atoms with Crippen LogP contribution in [-0.4, -0.2) is 42.6 Å². The quantitative estimate of drug-likeness (QED) is 0.646. The van der Waals surface area contributed by atoms with E-state index in [4.69, 9.17) is 9.84 Å². The van der Waals surface area contributed by atoms with E-state index < -0.39 is 30.1 Å². The predicted octanol–water partition coefficient (Wildman–Crippen LogP) is 0.284. The van der Waals surface area contributed by atoms with E-state index in [1.54, 1.807) is 0 Å². The summed E-state index contributed by atoms with van der Waals surface area (Å²) in [6.07, 6.45) is 0. The molecule has 9 heteroatoms. The van der Waals surface area contributed by atoms with Crippen LogP contribution in [0.4, 0.5) is 4.39 Å². The van der Waals surface area contributed by atoms with Gasteiger partial charge in [-0.05, 0) is 34.1 Å². The molecule has 0 aromatic heterocycles. The molecule has 1 aromatic rings. The van der Waals surface area contributed by atoms with Gasteiger partial charge >= 0.3 is 5.97 Å². The zero-order chi connectivity index (χ0) is 15.8. The zero-order valence-electron chi connectivity index (χ0n) is 10.7. The van der Waals surface area contributed by atoms with Gasteiger partial charge in [0.2, 0.25) is 5.91 Å². The molecular weight excluding hydrogens is 351 g/mol. The van der Waals surface area contributed by atoms with Crippen molar-refractivity contribution < 1.29 is 28.6 Å². The van der Waals surface area contributed by atoms with Crippen molar-refractivity contribution in [3.05, 3.63) is 28.5 Å². The Morgan fingerprint density at radius 3 is 2.48 bits per heavy atom. The molecule has 0 atom stereocenters. The zero-order valence-corrected chi connectivity index (χ0v) is 12.3. The number of amides is 2. The average Bonchev–Trinajstić information content (AvgIpc) is 2.41. The number of benzene rings is 1. The maximum Gasteiger partial charge on any atom is 0.322 e. The molecule has 0 heterocycles. The van der Waals surface area contributed by atoms with Gasteiger partial charge in [0.1, 0.15) is 18.1 Å². The molecule has 2 amide bonds. The summed E-state index contributed by atoms with van der Waals surface area (Å²) >= 11 is 3.08. The largest absolute Gasteiger partial charge is 0.483 e. The Labute approximate surface area is 127 Å². The van der Waals surface area contributed by atoms with Crippen LogP contribution in [-0.2, 0) is 14.4 Å². The van der Waals surface area contributed by atoms with E-state index in [1.165, 1.54) is 18.2 Å². The number of carboxylic acid groups (broad SMARTS) is 1. The molecule has 1 aromatic carbocycles. The first-order valence-corrected chi connectivity index (χ1v) is 6.51. The van der Waals surface area contributed by atoms with Crippen molar-refractivity contribution in [2.75, 3.05) is 19.7 Å². The van der Waals surface area contributed by atoms with Crippen molar-refractivity contribution in [1.82, 2.24) is 10.6 Å². The van der Waals surface area contributed by atoms with Crippen LogP contribution in [0, 0.1) is 5.82 Å². The maximum atomic E-state index is 12.8. The molecule has 7 nitrogen and oxygen atoms in total. The minimum absolute atomic E-state index is 0.280. The Morgan fingerprint density at radius 2 is 1.86 bits per heavy atom. The Balaban J connectivity index is 2.31. The first kappa shape index (κ1) is 16.9. The van der Waals surface area contributed by atoms with Crippen LogP contribution in [0.3, 0.4) is 0 Å². The van der Waals surface area contributed by atoms with Crippen LogP contribution in [0.5, 0.6) is 5.75 Å². The number of ether oxygens (including phenoxy) is 1. The van der Waals surface area contributed by atoms with Gasteiger partial charge in [-0.2, -0.15) is 0 Å². The molecule has 0 fully saturated rings. The minimum atomic E-state index is -1.18. The lowest BCUT2D eigenvalue weighted by molar-refractivity contribution is -0.137. The summed E-state index contributed by atoms with van der Waals surface area (Å²) in [7, 11) is 0. The van der Waals surface area contributed by atoms with Gasteiger partial charge < -0.3 is 20.5 Å². The average molecular weight is 363 g/mol. The number of carbonyl (C=O) groups excluding carboxylic acids is 2. The third kappa shape index (κ3) is 6.70. The van der Waals surface area contributed by atoms with Gasteiger partial charge in [0.25, 0.3) is 5.91 Å². The summed E-state index contributed by atoms with van der Waals surface area (Å²) in [4.78, 5) is 32.8. The van der Waals surface area contributed by atoms with Crippen molar-refractivity contribution in [3.8, 4) is 5.75 Å². The number of nitrogens with one attached hydrogen (secondary N) is 2. The van der Waals surface area contributed by atoms with Crippen LogP contribution >= 0.6 is 15.9 Å². The lowest BCUT2D eigenvalue weighted by Gasteiger charge is -2.08. The Morgan fingerprint density at radius 1 is 1.19 bits per heavy atom. The molecule has 0 aliphatic carbocycles. The molecule has 0 aliphatic rings. The van der Waals surface area contributed by atoms with E-state index in [2.05, 4.69) is 26.6 Å². The summed E-state index contributed by atoms with van der Waals surface area (Å²) in [6.45, 7) is -1.25. The second-order valence-electron chi connectivity index (χ2n) is 3.81. The molecular formula is C12H12BrFN2O5. The van der Waals surface area contributed by atoms with E-state index in [-0.39, 0.29) is 18.9 Å². The lowest BCUT2D eigenvalue weighted by Crippen LogP contribution is -2.40. The first-order chi connectivity index (χ1) is 9.88. The topological polar surface area (TPSA) is 105 Å². The van der Waals surface area contributed by atoms with Crippen LogP contribution in [0.1, 0.15) is 0 Å². The van der Waals surface area contributed by atoms with E-state index in [0.29, 0.717) is 4.47 Å². The van der Waals surface area contributed by atoms with Crippen molar-refractivity contribution >= 4 is 33.7 Å². The van der Waals surface area contributed by atoms with Crippen LogP contribution in [0.15, 0.2) is 22.7 Å². The third-order valence-corrected chi connectivity index (χ3v) is 2.76. The van der Waals surface area contributed by atoms with Gasteiger partial charge in [0.05, 0.1) is 11.0 Å². The van der Waals surface area contributed by atoms with E-state index in [9.17, 15) is 18.8 Å². The molecule has 0 spiro atoms. The number of carboxylic acids is 1. The lowest BCUT2D eigenvalue weighted by atomic mass is 10.3. The van der Waals surface area contributed by atoms with E-state index in [1.807, 2.05) is 0 Å². The molecule has 0 aliphatic heterocycles. The van der Waals surface area contributed by atoms with Gasteiger partial charge in [-0.15, -0.1) is 0 Å². The van der Waals surface area contributed by atoms with E-state index in [0.717, 1.165) is 0 Å². The van der Waals surface area contributed by atoms with Gasteiger partial charge in [-0.25, -0.2) is 4.39 Å². The fraction of sp³-hybridized carbons (Fsp3) is 0.250. The highest BCUT2D eigenvalue weighted by Crippen LogP contribution is 2.25. The van der Waals surface area contributed by atoms with Crippen molar-refractivity contribution in [3.63, 3.8) is 0 Å². The summed E-state index contributed by atoms with van der Waals surface area (Å²) in [5, 5.41) is 12.7. The third-order valence-electron chi connectivity index (χ3n) is 2.14. The summed E-state index contributed by atoms with van der Waals surface area (Å²) < 4.78 is 18.3. The monoisotopic (exact) mass is 362 g/mol. The second kappa shape index (κ2) is 8.20. The Bertz CT molecular complexity index is 552. The predicted molar refractivity (Wildman–Crippen MR) is 73.3 cm³/mol. The number of carbonyl (C=O) groups is 3. The van der Waals surface area contributed by atoms with E-state index >= 15 is 0 Å². The number of aliphatic carboxylic acids is 1. The van der Waals surface area contributed by atoms with Crippen molar-refractivity contribution in [2.45, 2.75) is 0 Å². The maximum absolute atomic E-state index is 12.8. The molecule has 21 heavy (non-hydrogen) atoms. The van der Waals surface area contributed by atoms with Gasteiger partial charge in [0.15, 0.2) is 6.61 Å². The normalized spacial score (nSPS) is 9.81. The molecule has 0 unspecified atom stereocenters. The Kier molecular flexibility index (Phi) is 6.60. The van der Waals surface area contributed by atoms with Crippen LogP contribution in [0.25, 0.3) is 0 Å². The summed E-state index contributed by atoms with van der Waals surface area (Å²) in [6, 6.07) is 3.72. The number of hydrogen-bond donors (Lipinski definition) is 3. The summed E-state index contributed by atoms with van der Waals surface area (Å²) in [5.74, 6) is -2.56. The molecule has 0 radical (unpaired) electrons. The highest BCUT2D eigenvalue weighted by molar-refractivity contribution is 9.10. The molecule has 0 saturated heterocycles. The Hall–Kier alpha value is -2.16. The fourth-order valence-corrected chi connectivity index (χ4v) is 1.67. The molecule has 3 N–H and O–H groups in total. The van der Waals surface area contributed by atoms with Crippen molar-refractivity contribution in [1.29, 1.82) is 0 Å². The molecule has 114 valence electrons.